The van der Waals surface area contributed by atoms with Crippen molar-refractivity contribution < 1.29 is 13.6 Å². The van der Waals surface area contributed by atoms with Gasteiger partial charge in [-0.05, 0) is 37.6 Å². The summed E-state index contributed by atoms with van der Waals surface area (Å²) >= 11 is 0. The number of carbonyl (C=O) groups excluding carboxylic acids is 1. The number of rotatable bonds is 5. The first kappa shape index (κ1) is 12.8. The Morgan fingerprint density at radius 1 is 1.38 bits per heavy atom. The Morgan fingerprint density at radius 3 is 2.62 bits per heavy atom. The summed E-state index contributed by atoms with van der Waals surface area (Å²) in [4.78, 5) is 11.8. The molecule has 0 bridgehead atoms. The van der Waals surface area contributed by atoms with Gasteiger partial charge in [0.25, 0.3) is 0 Å². The fraction of sp³-hybridized carbons (Fsp3) is 0.417. The van der Waals surface area contributed by atoms with E-state index >= 15 is 0 Å². The second-order valence-corrected chi connectivity index (χ2v) is 3.83. The van der Waals surface area contributed by atoms with Crippen LogP contribution in [0.4, 0.5) is 8.78 Å². The van der Waals surface area contributed by atoms with Gasteiger partial charge in [-0.25, -0.2) is 8.78 Å². The molecule has 0 amide bonds. The first-order valence-electron chi connectivity index (χ1n) is 5.25. The smallest absolute Gasteiger partial charge is 0.165 e. The zero-order chi connectivity index (χ0) is 12.1. The van der Waals surface area contributed by atoms with Gasteiger partial charge in [0.2, 0.25) is 0 Å². The molecule has 0 aliphatic rings. The predicted molar refractivity (Wildman–Crippen MR) is 58.1 cm³/mol. The average Bonchev–Trinajstić information content (AvgIpc) is 2.28. The lowest BCUT2D eigenvalue weighted by atomic mass is 9.95. The van der Waals surface area contributed by atoms with Gasteiger partial charge in [-0.3, -0.25) is 4.79 Å². The highest BCUT2D eigenvalue weighted by atomic mass is 19.2. The molecule has 0 heterocycles. The molecule has 0 aliphatic carbocycles. The van der Waals surface area contributed by atoms with Crippen molar-refractivity contribution in [2.24, 2.45) is 11.7 Å². The number of Topliss-reactive ketones (excluding diaryl/α,β-unsaturated/α-hetero) is 1. The van der Waals surface area contributed by atoms with E-state index in [1.54, 1.807) is 6.92 Å². The summed E-state index contributed by atoms with van der Waals surface area (Å²) in [7, 11) is 0. The van der Waals surface area contributed by atoms with E-state index in [1.807, 2.05) is 0 Å². The summed E-state index contributed by atoms with van der Waals surface area (Å²) in [6.07, 6.45) is 1.41. The normalized spacial score (nSPS) is 12.5. The van der Waals surface area contributed by atoms with E-state index in [1.165, 1.54) is 6.07 Å². The van der Waals surface area contributed by atoms with Crippen LogP contribution in [0.2, 0.25) is 0 Å². The quantitative estimate of drug-likeness (QED) is 0.785. The van der Waals surface area contributed by atoms with E-state index < -0.39 is 11.6 Å². The molecule has 0 radical (unpaired) electrons. The van der Waals surface area contributed by atoms with Crippen LogP contribution in [0, 0.1) is 17.6 Å². The number of ketones is 1. The van der Waals surface area contributed by atoms with Gasteiger partial charge in [-0.1, -0.05) is 6.92 Å². The minimum Gasteiger partial charge on any atom is -0.330 e. The van der Waals surface area contributed by atoms with Crippen molar-refractivity contribution in [1.29, 1.82) is 0 Å². The highest BCUT2D eigenvalue weighted by molar-refractivity contribution is 5.97. The first-order valence-corrected chi connectivity index (χ1v) is 5.25. The fourth-order valence-corrected chi connectivity index (χ4v) is 1.49. The van der Waals surface area contributed by atoms with Gasteiger partial charge in [-0.2, -0.15) is 0 Å². The van der Waals surface area contributed by atoms with E-state index in [0.29, 0.717) is 13.0 Å². The van der Waals surface area contributed by atoms with Crippen molar-refractivity contribution in [3.8, 4) is 0 Å². The third-order valence-electron chi connectivity index (χ3n) is 2.49. The number of hydrogen-bond acceptors (Lipinski definition) is 2. The second-order valence-electron chi connectivity index (χ2n) is 3.83. The van der Waals surface area contributed by atoms with Crippen molar-refractivity contribution in [2.75, 3.05) is 6.54 Å². The van der Waals surface area contributed by atoms with Crippen LogP contribution in [0.1, 0.15) is 30.1 Å². The summed E-state index contributed by atoms with van der Waals surface area (Å²) < 4.78 is 25.6. The standard InChI is InChI=1S/C12H15F2NO/c1-8(3-2-6-15)12(16)9-4-5-10(13)11(14)7-9/h4-5,7-8H,2-3,6,15H2,1H3. The van der Waals surface area contributed by atoms with Gasteiger partial charge in [0.15, 0.2) is 17.4 Å². The Balaban J connectivity index is 2.76. The van der Waals surface area contributed by atoms with E-state index in [9.17, 15) is 13.6 Å². The van der Waals surface area contributed by atoms with Gasteiger partial charge in [0.1, 0.15) is 0 Å². The molecular weight excluding hydrogens is 212 g/mol. The van der Waals surface area contributed by atoms with Gasteiger partial charge >= 0.3 is 0 Å². The van der Waals surface area contributed by atoms with E-state index in [2.05, 4.69) is 0 Å². The van der Waals surface area contributed by atoms with Crippen molar-refractivity contribution in [3.05, 3.63) is 35.4 Å². The van der Waals surface area contributed by atoms with Gasteiger partial charge in [0, 0.05) is 11.5 Å². The van der Waals surface area contributed by atoms with Crippen molar-refractivity contribution in [3.63, 3.8) is 0 Å². The molecule has 2 nitrogen and oxygen atoms in total. The predicted octanol–water partition coefficient (Wildman–Crippen LogP) is 2.52. The van der Waals surface area contributed by atoms with Crippen molar-refractivity contribution >= 4 is 5.78 Å². The molecule has 0 saturated heterocycles. The zero-order valence-corrected chi connectivity index (χ0v) is 9.17. The van der Waals surface area contributed by atoms with Crippen LogP contribution in [0.5, 0.6) is 0 Å². The molecule has 0 saturated carbocycles. The summed E-state index contributed by atoms with van der Waals surface area (Å²) in [6, 6.07) is 3.22. The lowest BCUT2D eigenvalue weighted by Crippen LogP contribution is -2.13. The number of carbonyl (C=O) groups is 1. The molecule has 0 aliphatic heterocycles. The van der Waals surface area contributed by atoms with Gasteiger partial charge in [-0.15, -0.1) is 0 Å². The molecule has 0 spiro atoms. The topological polar surface area (TPSA) is 43.1 Å². The zero-order valence-electron chi connectivity index (χ0n) is 9.17. The number of nitrogens with two attached hydrogens (primary N) is 1. The number of hydrogen-bond donors (Lipinski definition) is 1. The molecule has 1 rings (SSSR count). The first-order chi connectivity index (χ1) is 7.56. The molecular formula is C12H15F2NO. The molecule has 4 heteroatoms. The molecule has 0 fully saturated rings. The monoisotopic (exact) mass is 227 g/mol. The molecule has 1 aromatic carbocycles. The summed E-state index contributed by atoms with van der Waals surface area (Å²) in [5.74, 6) is -2.32. The molecule has 1 aromatic rings. The highest BCUT2D eigenvalue weighted by Crippen LogP contribution is 2.16. The highest BCUT2D eigenvalue weighted by Gasteiger charge is 2.16. The maximum atomic E-state index is 12.9. The van der Waals surface area contributed by atoms with Crippen molar-refractivity contribution in [1.82, 2.24) is 0 Å². The minimum atomic E-state index is -0.989. The Bertz CT molecular complexity index is 379. The Kier molecular flexibility index (Phi) is 4.55. The van der Waals surface area contributed by atoms with Crippen LogP contribution < -0.4 is 5.73 Å². The molecule has 2 N–H and O–H groups in total. The van der Waals surface area contributed by atoms with E-state index in [-0.39, 0.29) is 17.3 Å². The Hall–Kier alpha value is -1.29. The SMILES string of the molecule is CC(CCCN)C(=O)c1ccc(F)c(F)c1. The van der Waals surface area contributed by atoms with Crippen LogP contribution in [-0.4, -0.2) is 12.3 Å². The van der Waals surface area contributed by atoms with Crippen LogP contribution in [0.25, 0.3) is 0 Å². The maximum Gasteiger partial charge on any atom is 0.165 e. The maximum absolute atomic E-state index is 12.9. The van der Waals surface area contributed by atoms with Crippen LogP contribution in [-0.2, 0) is 0 Å². The fourth-order valence-electron chi connectivity index (χ4n) is 1.49. The number of benzene rings is 1. The summed E-state index contributed by atoms with van der Waals surface area (Å²) in [5.41, 5.74) is 5.55. The number of halogens is 2. The largest absolute Gasteiger partial charge is 0.330 e. The second kappa shape index (κ2) is 5.70. The van der Waals surface area contributed by atoms with E-state index in [0.717, 1.165) is 18.6 Å². The lowest BCUT2D eigenvalue weighted by Gasteiger charge is -2.09. The molecule has 16 heavy (non-hydrogen) atoms. The molecule has 1 atom stereocenters. The van der Waals surface area contributed by atoms with Gasteiger partial charge in [0.05, 0.1) is 0 Å². The molecule has 0 aromatic heterocycles. The van der Waals surface area contributed by atoms with Gasteiger partial charge < -0.3 is 5.73 Å². The van der Waals surface area contributed by atoms with Crippen molar-refractivity contribution in [2.45, 2.75) is 19.8 Å². The Labute approximate surface area is 93.5 Å². The Morgan fingerprint density at radius 2 is 2.06 bits per heavy atom. The van der Waals surface area contributed by atoms with Crippen LogP contribution in [0.3, 0.4) is 0 Å². The average molecular weight is 227 g/mol. The molecule has 88 valence electrons. The summed E-state index contributed by atoms with van der Waals surface area (Å²) in [6.45, 7) is 2.29. The lowest BCUT2D eigenvalue weighted by molar-refractivity contribution is 0.0922. The summed E-state index contributed by atoms with van der Waals surface area (Å²) in [5, 5.41) is 0. The minimum absolute atomic E-state index is 0.174. The van der Waals surface area contributed by atoms with E-state index in [4.69, 9.17) is 5.73 Å². The third kappa shape index (κ3) is 3.10. The third-order valence-corrected chi connectivity index (χ3v) is 2.49. The van der Waals surface area contributed by atoms with Crippen LogP contribution in [0.15, 0.2) is 18.2 Å². The molecule has 1 unspecified atom stereocenters. The van der Waals surface area contributed by atoms with Crippen LogP contribution >= 0.6 is 0 Å².